The number of nitrogens with zero attached hydrogens (tertiary/aromatic N) is 1. The van der Waals surface area contributed by atoms with Crippen LogP contribution in [0.4, 0.5) is 4.79 Å². The van der Waals surface area contributed by atoms with Crippen LogP contribution in [-0.4, -0.2) is 34.4 Å². The molecule has 4 heteroatoms. The number of aliphatic hydroxyl groups is 1. The number of carboxylic acid groups (broad SMARTS) is 1. The topological polar surface area (TPSA) is 60.8 Å². The SMILES string of the molecule is O=C(O)N1CCC(CO)CC1c1ccccc1. The minimum atomic E-state index is -0.879. The highest BCUT2D eigenvalue weighted by molar-refractivity contribution is 5.66. The van der Waals surface area contributed by atoms with Crippen LogP contribution in [0.15, 0.2) is 30.3 Å². The maximum absolute atomic E-state index is 11.2. The van der Waals surface area contributed by atoms with Gasteiger partial charge in [0.25, 0.3) is 0 Å². The lowest BCUT2D eigenvalue weighted by Gasteiger charge is -2.37. The van der Waals surface area contributed by atoms with Gasteiger partial charge in [0.15, 0.2) is 0 Å². The van der Waals surface area contributed by atoms with Crippen LogP contribution in [0.1, 0.15) is 24.4 Å². The van der Waals surface area contributed by atoms with Crippen molar-refractivity contribution in [3.63, 3.8) is 0 Å². The molecule has 2 rings (SSSR count). The summed E-state index contributed by atoms with van der Waals surface area (Å²) in [5.74, 6) is 0.204. The fourth-order valence-corrected chi connectivity index (χ4v) is 2.42. The number of benzene rings is 1. The number of likely N-dealkylation sites (tertiary alicyclic amines) is 1. The Morgan fingerprint density at radius 2 is 2.06 bits per heavy atom. The van der Waals surface area contributed by atoms with Gasteiger partial charge in [-0.1, -0.05) is 30.3 Å². The number of rotatable bonds is 2. The summed E-state index contributed by atoms with van der Waals surface area (Å²) in [6.07, 6.45) is 0.564. The summed E-state index contributed by atoms with van der Waals surface area (Å²) in [5, 5.41) is 18.4. The lowest BCUT2D eigenvalue weighted by atomic mass is 9.88. The Balaban J connectivity index is 2.22. The molecule has 1 aromatic carbocycles. The third-order valence-electron chi connectivity index (χ3n) is 3.40. The molecule has 17 heavy (non-hydrogen) atoms. The zero-order valence-electron chi connectivity index (χ0n) is 9.62. The molecular formula is C13H17NO3. The van der Waals surface area contributed by atoms with E-state index in [0.717, 1.165) is 12.0 Å². The van der Waals surface area contributed by atoms with E-state index in [2.05, 4.69) is 0 Å². The van der Waals surface area contributed by atoms with Crippen molar-refractivity contribution < 1.29 is 15.0 Å². The molecule has 1 aromatic rings. The van der Waals surface area contributed by atoms with E-state index >= 15 is 0 Å². The van der Waals surface area contributed by atoms with Gasteiger partial charge in [0.2, 0.25) is 0 Å². The maximum atomic E-state index is 11.2. The van der Waals surface area contributed by atoms with Crippen molar-refractivity contribution in [2.75, 3.05) is 13.2 Å². The minimum Gasteiger partial charge on any atom is -0.465 e. The molecule has 2 N–H and O–H groups in total. The van der Waals surface area contributed by atoms with Crippen molar-refractivity contribution in [1.82, 2.24) is 4.90 Å². The fourth-order valence-electron chi connectivity index (χ4n) is 2.42. The molecule has 2 unspecified atom stereocenters. The van der Waals surface area contributed by atoms with Gasteiger partial charge in [-0.05, 0) is 24.3 Å². The first kappa shape index (κ1) is 11.9. The summed E-state index contributed by atoms with van der Waals surface area (Å²) in [4.78, 5) is 12.7. The molecule has 0 radical (unpaired) electrons. The summed E-state index contributed by atoms with van der Waals surface area (Å²) in [5.41, 5.74) is 1.01. The molecule has 0 spiro atoms. The van der Waals surface area contributed by atoms with Gasteiger partial charge < -0.3 is 15.1 Å². The van der Waals surface area contributed by atoms with Gasteiger partial charge in [-0.2, -0.15) is 0 Å². The van der Waals surface area contributed by atoms with Crippen molar-refractivity contribution in [3.8, 4) is 0 Å². The van der Waals surface area contributed by atoms with Crippen LogP contribution in [0.2, 0.25) is 0 Å². The minimum absolute atomic E-state index is 0.125. The smallest absolute Gasteiger partial charge is 0.407 e. The third-order valence-corrected chi connectivity index (χ3v) is 3.40. The second-order valence-corrected chi connectivity index (χ2v) is 4.48. The molecule has 92 valence electrons. The summed E-state index contributed by atoms with van der Waals surface area (Å²) in [6, 6.07) is 9.51. The average molecular weight is 235 g/mol. The molecule has 1 heterocycles. The van der Waals surface area contributed by atoms with Crippen molar-refractivity contribution >= 4 is 6.09 Å². The first-order valence-electron chi connectivity index (χ1n) is 5.87. The van der Waals surface area contributed by atoms with E-state index in [9.17, 15) is 15.0 Å². The van der Waals surface area contributed by atoms with E-state index in [0.29, 0.717) is 13.0 Å². The summed E-state index contributed by atoms with van der Waals surface area (Å²) >= 11 is 0. The lowest BCUT2D eigenvalue weighted by Crippen LogP contribution is -2.40. The van der Waals surface area contributed by atoms with Gasteiger partial charge in [0.1, 0.15) is 0 Å². The highest BCUT2D eigenvalue weighted by Gasteiger charge is 2.31. The molecule has 0 aliphatic carbocycles. The fraction of sp³-hybridized carbons (Fsp3) is 0.462. The monoisotopic (exact) mass is 235 g/mol. The van der Waals surface area contributed by atoms with Gasteiger partial charge >= 0.3 is 6.09 Å². The molecule has 1 aliphatic rings. The molecule has 1 fully saturated rings. The third kappa shape index (κ3) is 2.58. The number of aliphatic hydroxyl groups excluding tert-OH is 1. The Hall–Kier alpha value is -1.55. The Labute approximate surface area is 100 Å². The number of amides is 1. The first-order valence-corrected chi connectivity index (χ1v) is 5.87. The van der Waals surface area contributed by atoms with E-state index in [1.807, 2.05) is 30.3 Å². The maximum Gasteiger partial charge on any atom is 0.407 e. The Kier molecular flexibility index (Phi) is 3.64. The van der Waals surface area contributed by atoms with E-state index < -0.39 is 6.09 Å². The van der Waals surface area contributed by atoms with Crippen molar-refractivity contribution in [1.29, 1.82) is 0 Å². The molecule has 4 nitrogen and oxygen atoms in total. The summed E-state index contributed by atoms with van der Waals surface area (Å²) in [6.45, 7) is 0.636. The van der Waals surface area contributed by atoms with Crippen molar-refractivity contribution in [2.45, 2.75) is 18.9 Å². The molecule has 1 saturated heterocycles. The zero-order chi connectivity index (χ0) is 12.3. The van der Waals surface area contributed by atoms with E-state index in [4.69, 9.17) is 0 Å². The molecule has 1 aliphatic heterocycles. The second-order valence-electron chi connectivity index (χ2n) is 4.48. The lowest BCUT2D eigenvalue weighted by molar-refractivity contribution is 0.0719. The highest BCUT2D eigenvalue weighted by Crippen LogP contribution is 2.33. The Morgan fingerprint density at radius 3 is 2.65 bits per heavy atom. The predicted octanol–water partition coefficient (Wildman–Crippen LogP) is 2.11. The van der Waals surface area contributed by atoms with Gasteiger partial charge in [-0.25, -0.2) is 4.79 Å². The molecule has 0 aromatic heterocycles. The van der Waals surface area contributed by atoms with Gasteiger partial charge in [0, 0.05) is 13.2 Å². The van der Waals surface area contributed by atoms with Crippen LogP contribution < -0.4 is 0 Å². The summed E-state index contributed by atoms with van der Waals surface area (Å²) < 4.78 is 0. The number of hydrogen-bond acceptors (Lipinski definition) is 2. The standard InChI is InChI=1S/C13H17NO3/c15-9-10-6-7-14(13(16)17)12(8-10)11-4-2-1-3-5-11/h1-5,10,12,15H,6-9H2,(H,16,17). The van der Waals surface area contributed by atoms with Crippen LogP contribution in [0.3, 0.4) is 0 Å². The van der Waals surface area contributed by atoms with Crippen LogP contribution in [0.25, 0.3) is 0 Å². The van der Waals surface area contributed by atoms with Crippen LogP contribution in [-0.2, 0) is 0 Å². The number of carbonyl (C=O) groups is 1. The van der Waals surface area contributed by atoms with Gasteiger partial charge in [-0.15, -0.1) is 0 Å². The van der Waals surface area contributed by atoms with E-state index in [1.54, 1.807) is 0 Å². The molecule has 2 atom stereocenters. The highest BCUT2D eigenvalue weighted by atomic mass is 16.4. The predicted molar refractivity (Wildman–Crippen MR) is 63.7 cm³/mol. The molecule has 0 saturated carbocycles. The van der Waals surface area contributed by atoms with Crippen molar-refractivity contribution in [2.24, 2.45) is 5.92 Å². The van der Waals surface area contributed by atoms with Crippen LogP contribution in [0, 0.1) is 5.92 Å². The molecular weight excluding hydrogens is 218 g/mol. The average Bonchev–Trinajstić information content (AvgIpc) is 2.39. The van der Waals surface area contributed by atoms with Gasteiger partial charge in [-0.3, -0.25) is 0 Å². The largest absolute Gasteiger partial charge is 0.465 e. The van der Waals surface area contributed by atoms with Gasteiger partial charge in [0.05, 0.1) is 6.04 Å². The quantitative estimate of drug-likeness (QED) is 0.825. The first-order chi connectivity index (χ1) is 8.22. The van der Waals surface area contributed by atoms with E-state index in [-0.39, 0.29) is 18.6 Å². The summed E-state index contributed by atoms with van der Waals surface area (Å²) in [7, 11) is 0. The molecule has 0 bridgehead atoms. The van der Waals surface area contributed by atoms with Crippen molar-refractivity contribution in [3.05, 3.63) is 35.9 Å². The van der Waals surface area contributed by atoms with E-state index in [1.165, 1.54) is 4.90 Å². The Bertz CT molecular complexity index is 380. The zero-order valence-corrected chi connectivity index (χ0v) is 9.62. The normalized spacial score (nSPS) is 24.6. The number of piperidine rings is 1. The number of hydrogen-bond donors (Lipinski definition) is 2. The molecule has 1 amide bonds. The van der Waals surface area contributed by atoms with Crippen LogP contribution >= 0.6 is 0 Å². The second kappa shape index (κ2) is 5.19. The Morgan fingerprint density at radius 1 is 1.35 bits per heavy atom. The van der Waals surface area contributed by atoms with Crippen LogP contribution in [0.5, 0.6) is 0 Å².